The first-order valence-corrected chi connectivity index (χ1v) is 10.8. The monoisotopic (exact) mass is 410 g/mol. The largest absolute Gasteiger partial charge is 0.352 e. The third-order valence-corrected chi connectivity index (χ3v) is 6.21. The molecule has 0 unspecified atom stereocenters. The van der Waals surface area contributed by atoms with Crippen molar-refractivity contribution >= 4 is 11.8 Å². The lowest BCUT2D eigenvalue weighted by Crippen LogP contribution is -2.51. The highest BCUT2D eigenvalue weighted by molar-refractivity contribution is 5.92. The Bertz CT molecular complexity index is 860. The number of pyridine rings is 1. The number of H-pyrrole nitrogens is 1. The molecule has 0 bridgehead atoms. The number of aryl methyl sites for hydroxylation is 1. The van der Waals surface area contributed by atoms with Gasteiger partial charge in [0.25, 0.3) is 5.91 Å². The summed E-state index contributed by atoms with van der Waals surface area (Å²) in [7, 11) is 0. The zero-order valence-corrected chi connectivity index (χ0v) is 17.5. The van der Waals surface area contributed by atoms with Crippen LogP contribution in [0.2, 0.25) is 0 Å². The maximum Gasteiger partial charge on any atom is 0.274 e. The molecular weight excluding hydrogens is 380 g/mol. The van der Waals surface area contributed by atoms with Gasteiger partial charge in [-0.3, -0.25) is 24.6 Å². The summed E-state index contributed by atoms with van der Waals surface area (Å²) in [5.74, 6) is 0.163. The van der Waals surface area contributed by atoms with Crippen LogP contribution in [0.4, 0.5) is 0 Å². The number of hydrogen-bond donors (Lipinski definition) is 2. The van der Waals surface area contributed by atoms with Crippen LogP contribution in [0.5, 0.6) is 0 Å². The Morgan fingerprint density at radius 1 is 1.23 bits per heavy atom. The van der Waals surface area contributed by atoms with Crippen LogP contribution in [0.1, 0.15) is 47.4 Å². The Labute approximate surface area is 177 Å². The quantitative estimate of drug-likeness (QED) is 0.783. The second-order valence-electron chi connectivity index (χ2n) is 8.37. The lowest BCUT2D eigenvalue weighted by atomic mass is 9.93. The molecule has 0 aromatic carbocycles. The summed E-state index contributed by atoms with van der Waals surface area (Å²) in [4.78, 5) is 33.7. The van der Waals surface area contributed by atoms with Crippen molar-refractivity contribution in [1.29, 1.82) is 0 Å². The number of aromatic nitrogens is 3. The van der Waals surface area contributed by atoms with Crippen molar-refractivity contribution in [3.8, 4) is 0 Å². The van der Waals surface area contributed by atoms with Crippen molar-refractivity contribution < 1.29 is 9.59 Å². The Morgan fingerprint density at radius 3 is 2.77 bits per heavy atom. The first-order chi connectivity index (χ1) is 14.6. The fraction of sp³-hybridized carbons (Fsp3) is 0.545. The Morgan fingerprint density at radius 2 is 2.07 bits per heavy atom. The third-order valence-electron chi connectivity index (χ3n) is 6.21. The Balaban J connectivity index is 1.26. The molecule has 2 saturated heterocycles. The molecule has 8 nitrogen and oxygen atoms in total. The van der Waals surface area contributed by atoms with E-state index in [-0.39, 0.29) is 17.7 Å². The van der Waals surface area contributed by atoms with Gasteiger partial charge in [0, 0.05) is 50.3 Å². The molecule has 0 radical (unpaired) electrons. The van der Waals surface area contributed by atoms with Crippen molar-refractivity contribution in [3.05, 3.63) is 47.5 Å². The van der Waals surface area contributed by atoms with Crippen LogP contribution in [0.15, 0.2) is 30.6 Å². The number of nitrogens with zero attached hydrogens (tertiary/aromatic N) is 4. The van der Waals surface area contributed by atoms with Gasteiger partial charge in [-0.1, -0.05) is 6.07 Å². The van der Waals surface area contributed by atoms with E-state index in [0.29, 0.717) is 18.3 Å². The molecular formula is C22H30N6O2. The minimum absolute atomic E-state index is 0.00380. The lowest BCUT2D eigenvalue weighted by molar-refractivity contribution is -0.127. The smallest absolute Gasteiger partial charge is 0.274 e. The molecule has 2 aromatic heterocycles. The number of hydrogen-bond acceptors (Lipinski definition) is 5. The van der Waals surface area contributed by atoms with Gasteiger partial charge >= 0.3 is 0 Å². The van der Waals surface area contributed by atoms with Crippen molar-refractivity contribution in [3.63, 3.8) is 0 Å². The van der Waals surface area contributed by atoms with E-state index in [4.69, 9.17) is 0 Å². The molecule has 4 heterocycles. The molecule has 2 fully saturated rings. The molecule has 30 heavy (non-hydrogen) atoms. The van der Waals surface area contributed by atoms with E-state index in [1.807, 2.05) is 24.0 Å². The number of rotatable bonds is 5. The van der Waals surface area contributed by atoms with Crippen LogP contribution in [0.25, 0.3) is 0 Å². The highest BCUT2D eigenvalue weighted by atomic mass is 16.2. The molecule has 0 spiro atoms. The van der Waals surface area contributed by atoms with Gasteiger partial charge in [0.1, 0.15) is 5.69 Å². The molecule has 2 N–H and O–H groups in total. The normalized spacial score (nSPS) is 20.8. The number of carbonyl (C=O) groups excluding carboxylic acids is 2. The summed E-state index contributed by atoms with van der Waals surface area (Å²) in [6.45, 7) is 5.74. The maximum atomic E-state index is 12.7. The van der Waals surface area contributed by atoms with E-state index < -0.39 is 0 Å². The molecule has 160 valence electrons. The summed E-state index contributed by atoms with van der Waals surface area (Å²) in [6, 6.07) is 6.09. The van der Waals surface area contributed by atoms with Gasteiger partial charge in [-0.25, -0.2) is 0 Å². The van der Waals surface area contributed by atoms with E-state index in [0.717, 1.165) is 63.1 Å². The number of nitrogens with one attached hydrogen (secondary N) is 2. The summed E-state index contributed by atoms with van der Waals surface area (Å²) in [5, 5.41) is 10.00. The molecule has 0 aliphatic carbocycles. The molecule has 2 aliphatic heterocycles. The van der Waals surface area contributed by atoms with Crippen LogP contribution in [-0.4, -0.2) is 69.0 Å². The number of piperidine rings is 2. The van der Waals surface area contributed by atoms with Crippen LogP contribution in [-0.2, 0) is 11.3 Å². The molecule has 2 amide bonds. The van der Waals surface area contributed by atoms with Gasteiger partial charge in [-0.2, -0.15) is 5.10 Å². The van der Waals surface area contributed by atoms with E-state index in [9.17, 15) is 9.59 Å². The summed E-state index contributed by atoms with van der Waals surface area (Å²) < 4.78 is 0. The van der Waals surface area contributed by atoms with Gasteiger partial charge in [0.15, 0.2) is 0 Å². The fourth-order valence-electron chi connectivity index (χ4n) is 4.51. The lowest BCUT2D eigenvalue weighted by Gasteiger charge is -2.41. The molecule has 1 atom stereocenters. The molecule has 2 aliphatic rings. The van der Waals surface area contributed by atoms with Crippen LogP contribution in [0.3, 0.4) is 0 Å². The highest BCUT2D eigenvalue weighted by Crippen LogP contribution is 2.24. The summed E-state index contributed by atoms with van der Waals surface area (Å²) >= 11 is 0. The molecule has 4 rings (SSSR count). The maximum absolute atomic E-state index is 12.7. The van der Waals surface area contributed by atoms with Crippen LogP contribution in [0, 0.1) is 12.8 Å². The first kappa shape index (κ1) is 20.5. The predicted octanol–water partition coefficient (Wildman–Crippen LogP) is 1.75. The predicted molar refractivity (Wildman–Crippen MR) is 113 cm³/mol. The van der Waals surface area contributed by atoms with Crippen molar-refractivity contribution in [1.82, 2.24) is 30.3 Å². The highest BCUT2D eigenvalue weighted by Gasteiger charge is 2.33. The van der Waals surface area contributed by atoms with Crippen molar-refractivity contribution in [2.45, 2.75) is 45.2 Å². The second kappa shape index (κ2) is 9.38. The average molecular weight is 411 g/mol. The van der Waals surface area contributed by atoms with Gasteiger partial charge in [-0.15, -0.1) is 0 Å². The standard InChI is InChI=1S/C22H30N6O2/c1-16-12-20(26-25-16)22(30)27-10-6-19(7-11-27)28-9-3-5-18(15-28)21(29)24-14-17-4-2-8-23-13-17/h2,4,8,12-13,18-19H,3,5-7,9-11,14-15H2,1H3,(H,24,29)(H,25,26)/t18-/m1/s1. The van der Waals surface area contributed by atoms with Gasteiger partial charge in [-0.05, 0) is 56.8 Å². The van der Waals surface area contributed by atoms with E-state index in [2.05, 4.69) is 25.4 Å². The van der Waals surface area contributed by atoms with Gasteiger partial charge in [0.2, 0.25) is 5.91 Å². The SMILES string of the molecule is Cc1cc(C(=O)N2CCC(N3CCC[C@@H](C(=O)NCc4cccnc4)C3)CC2)n[nH]1. The fourth-order valence-corrected chi connectivity index (χ4v) is 4.51. The topological polar surface area (TPSA) is 94.2 Å². The zero-order chi connectivity index (χ0) is 20.9. The minimum atomic E-state index is 0.00380. The van der Waals surface area contributed by atoms with E-state index >= 15 is 0 Å². The second-order valence-corrected chi connectivity index (χ2v) is 8.37. The molecule has 0 saturated carbocycles. The van der Waals surface area contributed by atoms with E-state index in [1.165, 1.54) is 0 Å². The Kier molecular flexibility index (Phi) is 6.42. The van der Waals surface area contributed by atoms with Crippen LogP contribution < -0.4 is 5.32 Å². The van der Waals surface area contributed by atoms with Crippen molar-refractivity contribution in [2.75, 3.05) is 26.2 Å². The zero-order valence-electron chi connectivity index (χ0n) is 17.5. The molecule has 2 aromatic rings. The summed E-state index contributed by atoms with van der Waals surface area (Å²) in [5.41, 5.74) is 2.41. The number of carbonyl (C=O) groups is 2. The first-order valence-electron chi connectivity index (χ1n) is 10.8. The average Bonchev–Trinajstić information content (AvgIpc) is 3.24. The van der Waals surface area contributed by atoms with Gasteiger partial charge < -0.3 is 10.2 Å². The third kappa shape index (κ3) is 4.87. The Hall–Kier alpha value is -2.74. The number of amides is 2. The van der Waals surface area contributed by atoms with Crippen molar-refractivity contribution in [2.24, 2.45) is 5.92 Å². The van der Waals surface area contributed by atoms with Gasteiger partial charge in [0.05, 0.1) is 5.92 Å². The number of likely N-dealkylation sites (tertiary alicyclic amines) is 2. The molecule has 8 heteroatoms. The number of aromatic amines is 1. The van der Waals surface area contributed by atoms with Crippen LogP contribution >= 0.6 is 0 Å². The van der Waals surface area contributed by atoms with E-state index in [1.54, 1.807) is 18.5 Å². The minimum Gasteiger partial charge on any atom is -0.352 e. The summed E-state index contributed by atoms with van der Waals surface area (Å²) in [6.07, 6.45) is 7.38.